The second kappa shape index (κ2) is 9.09. The zero-order valence-corrected chi connectivity index (χ0v) is 15.6. The molecule has 0 saturated heterocycles. The van der Waals surface area contributed by atoms with Crippen LogP contribution >= 0.6 is 11.6 Å². The highest BCUT2D eigenvalue weighted by Crippen LogP contribution is 2.20. The lowest BCUT2D eigenvalue weighted by Gasteiger charge is -2.08. The van der Waals surface area contributed by atoms with Gasteiger partial charge in [-0.3, -0.25) is 0 Å². The Morgan fingerprint density at radius 2 is 2.00 bits per heavy atom. The maximum absolute atomic E-state index is 11.3. The lowest BCUT2D eigenvalue weighted by Crippen LogP contribution is -2.18. The normalized spacial score (nSPS) is 11.0. The molecule has 7 heteroatoms. The molecule has 0 spiro atoms. The number of hydrogen-bond acceptors (Lipinski definition) is 4. The molecule has 27 heavy (non-hydrogen) atoms. The van der Waals surface area contributed by atoms with E-state index in [2.05, 4.69) is 15.1 Å². The summed E-state index contributed by atoms with van der Waals surface area (Å²) in [6.45, 7) is 3.22. The molecule has 0 unspecified atom stereocenters. The number of hydrogen-bond donors (Lipinski definition) is 1. The van der Waals surface area contributed by atoms with E-state index in [0.717, 1.165) is 22.2 Å². The summed E-state index contributed by atoms with van der Waals surface area (Å²) in [4.78, 5) is 11.3. The van der Waals surface area contributed by atoms with Crippen LogP contribution < -0.4 is 10.2 Å². The second-order valence-electron chi connectivity index (χ2n) is 5.69. The van der Waals surface area contributed by atoms with Crippen LogP contribution in [-0.2, 0) is 11.3 Å². The van der Waals surface area contributed by atoms with E-state index in [1.54, 1.807) is 25.3 Å². The highest BCUT2D eigenvalue weighted by atomic mass is 35.5. The van der Waals surface area contributed by atoms with Crippen molar-refractivity contribution < 1.29 is 14.3 Å². The first-order valence-corrected chi connectivity index (χ1v) is 8.97. The Balaban J connectivity index is 1.69. The molecule has 0 aliphatic carbocycles. The molecule has 140 valence electrons. The summed E-state index contributed by atoms with van der Waals surface area (Å²) in [5, 5.41) is 5.67. The average molecular weight is 386 g/mol. The molecule has 6 nitrogen and oxygen atoms in total. The monoisotopic (exact) mass is 385 g/mol. The lowest BCUT2D eigenvalue weighted by molar-refractivity contribution is 0.152. The Labute approximate surface area is 162 Å². The fourth-order valence-electron chi connectivity index (χ4n) is 2.67. The summed E-state index contributed by atoms with van der Waals surface area (Å²) in [5.41, 5.74) is 4.30. The number of para-hydroxylation sites is 1. The summed E-state index contributed by atoms with van der Waals surface area (Å²) < 4.78 is 12.7. The minimum Gasteiger partial charge on any atom is -0.492 e. The number of benzene rings is 2. The van der Waals surface area contributed by atoms with Gasteiger partial charge >= 0.3 is 6.09 Å². The van der Waals surface area contributed by atoms with Crippen LogP contribution in [0.25, 0.3) is 10.9 Å². The minimum atomic E-state index is -0.575. The van der Waals surface area contributed by atoms with Gasteiger partial charge in [-0.2, -0.15) is 5.10 Å². The number of amides is 1. The van der Waals surface area contributed by atoms with Crippen LogP contribution in [0.15, 0.2) is 59.8 Å². The van der Waals surface area contributed by atoms with Gasteiger partial charge in [-0.25, -0.2) is 10.2 Å². The highest BCUT2D eigenvalue weighted by molar-refractivity contribution is 6.30. The summed E-state index contributed by atoms with van der Waals surface area (Å²) >= 11 is 5.88. The van der Waals surface area contributed by atoms with Crippen molar-refractivity contribution in [2.75, 3.05) is 13.2 Å². The van der Waals surface area contributed by atoms with E-state index in [0.29, 0.717) is 24.8 Å². The number of rotatable bonds is 7. The largest absolute Gasteiger partial charge is 0.492 e. The van der Waals surface area contributed by atoms with E-state index in [1.807, 2.05) is 42.6 Å². The molecule has 1 heterocycles. The molecule has 0 atom stereocenters. The molecule has 1 N–H and O–H groups in total. The number of nitrogens with zero attached hydrogens (tertiary/aromatic N) is 2. The fraction of sp³-hybridized carbons (Fsp3) is 0.200. The predicted octanol–water partition coefficient (Wildman–Crippen LogP) is 4.45. The zero-order valence-electron chi connectivity index (χ0n) is 14.9. The first-order valence-electron chi connectivity index (χ1n) is 8.59. The van der Waals surface area contributed by atoms with Gasteiger partial charge in [-0.05, 0) is 37.3 Å². The molecule has 0 fully saturated rings. The van der Waals surface area contributed by atoms with Gasteiger partial charge < -0.3 is 14.0 Å². The van der Waals surface area contributed by atoms with Crippen molar-refractivity contribution in [3.63, 3.8) is 0 Å². The molecule has 3 aromatic rings. The predicted molar refractivity (Wildman–Crippen MR) is 107 cm³/mol. The van der Waals surface area contributed by atoms with Gasteiger partial charge in [0.2, 0.25) is 0 Å². The van der Waals surface area contributed by atoms with Gasteiger partial charge in [0.15, 0.2) is 0 Å². The summed E-state index contributed by atoms with van der Waals surface area (Å²) in [5.74, 6) is 0.774. The third kappa shape index (κ3) is 5.01. The van der Waals surface area contributed by atoms with Gasteiger partial charge in [0.25, 0.3) is 0 Å². The van der Waals surface area contributed by atoms with E-state index >= 15 is 0 Å². The Kier molecular flexibility index (Phi) is 6.33. The Hall–Kier alpha value is -2.99. The second-order valence-corrected chi connectivity index (χ2v) is 6.12. The number of carbonyl (C=O) groups excluding carboxylic acids is 1. The first kappa shape index (κ1) is 18.8. The molecule has 0 bridgehead atoms. The third-order valence-electron chi connectivity index (χ3n) is 3.87. The van der Waals surface area contributed by atoms with Crippen molar-refractivity contribution in [2.24, 2.45) is 5.10 Å². The van der Waals surface area contributed by atoms with E-state index in [-0.39, 0.29) is 0 Å². The van der Waals surface area contributed by atoms with E-state index < -0.39 is 6.09 Å². The standard InChI is InChI=1S/C20H20ClN3O3/c1-2-26-20(25)23-22-13-15-14-24(19-6-4-3-5-18(15)19)11-12-27-17-9-7-16(21)8-10-17/h3-10,13-14H,2,11-12H2,1H3,(H,23,25). The molecule has 3 rings (SSSR count). The van der Waals surface area contributed by atoms with Crippen molar-refractivity contribution >= 4 is 34.8 Å². The average Bonchev–Trinajstić information content (AvgIpc) is 3.02. The van der Waals surface area contributed by atoms with Crippen LogP contribution in [0.4, 0.5) is 4.79 Å². The van der Waals surface area contributed by atoms with Crippen LogP contribution in [-0.4, -0.2) is 30.1 Å². The topological polar surface area (TPSA) is 64.8 Å². The Morgan fingerprint density at radius 1 is 1.22 bits per heavy atom. The van der Waals surface area contributed by atoms with Crippen LogP contribution in [0, 0.1) is 0 Å². The quantitative estimate of drug-likeness (QED) is 0.482. The molecule has 2 aromatic carbocycles. The molecule has 0 aliphatic rings. The molecule has 0 aliphatic heterocycles. The van der Waals surface area contributed by atoms with Gasteiger partial charge in [0.1, 0.15) is 12.4 Å². The first-order chi connectivity index (χ1) is 13.2. The maximum atomic E-state index is 11.3. The molecular weight excluding hydrogens is 366 g/mol. The minimum absolute atomic E-state index is 0.300. The SMILES string of the molecule is CCOC(=O)NN=Cc1cn(CCOc2ccc(Cl)cc2)c2ccccc12. The number of carbonyl (C=O) groups is 1. The number of nitrogens with one attached hydrogen (secondary N) is 1. The number of fused-ring (bicyclic) bond motifs is 1. The number of ether oxygens (including phenoxy) is 2. The Bertz CT molecular complexity index is 935. The van der Waals surface area contributed by atoms with Crippen LogP contribution in [0.2, 0.25) is 5.02 Å². The van der Waals surface area contributed by atoms with Gasteiger partial charge in [-0.15, -0.1) is 0 Å². The van der Waals surface area contributed by atoms with Crippen molar-refractivity contribution in [1.82, 2.24) is 9.99 Å². The Morgan fingerprint density at radius 3 is 2.78 bits per heavy atom. The van der Waals surface area contributed by atoms with Crippen molar-refractivity contribution in [3.05, 3.63) is 65.3 Å². The third-order valence-corrected chi connectivity index (χ3v) is 4.12. The van der Waals surface area contributed by atoms with E-state index in [4.69, 9.17) is 21.1 Å². The smallest absolute Gasteiger partial charge is 0.427 e. The molecule has 0 radical (unpaired) electrons. The fourth-order valence-corrected chi connectivity index (χ4v) is 2.80. The lowest BCUT2D eigenvalue weighted by atomic mass is 10.2. The van der Waals surface area contributed by atoms with E-state index in [1.165, 1.54) is 0 Å². The zero-order chi connectivity index (χ0) is 19.1. The summed E-state index contributed by atoms with van der Waals surface area (Å²) in [6, 6.07) is 15.3. The van der Waals surface area contributed by atoms with Crippen LogP contribution in [0.5, 0.6) is 5.75 Å². The number of halogens is 1. The molecule has 0 saturated carbocycles. The van der Waals surface area contributed by atoms with E-state index in [9.17, 15) is 4.79 Å². The number of aromatic nitrogens is 1. The van der Waals surface area contributed by atoms with Gasteiger partial charge in [0.05, 0.1) is 19.4 Å². The molecule has 1 aromatic heterocycles. The van der Waals surface area contributed by atoms with Gasteiger partial charge in [-0.1, -0.05) is 29.8 Å². The number of hydrazone groups is 1. The van der Waals surface area contributed by atoms with Crippen molar-refractivity contribution in [2.45, 2.75) is 13.5 Å². The molecule has 1 amide bonds. The summed E-state index contributed by atoms with van der Waals surface area (Å²) in [7, 11) is 0. The van der Waals surface area contributed by atoms with Crippen molar-refractivity contribution in [1.29, 1.82) is 0 Å². The van der Waals surface area contributed by atoms with Crippen molar-refractivity contribution in [3.8, 4) is 5.75 Å². The van der Waals surface area contributed by atoms with Crippen LogP contribution in [0.3, 0.4) is 0 Å². The molecular formula is C20H20ClN3O3. The highest BCUT2D eigenvalue weighted by Gasteiger charge is 2.07. The van der Waals surface area contributed by atoms with Crippen LogP contribution in [0.1, 0.15) is 12.5 Å². The summed E-state index contributed by atoms with van der Waals surface area (Å²) in [6.07, 6.45) is 3.01. The van der Waals surface area contributed by atoms with Gasteiger partial charge in [0, 0.05) is 27.7 Å². The maximum Gasteiger partial charge on any atom is 0.427 e.